The summed E-state index contributed by atoms with van der Waals surface area (Å²) in [5.74, 6) is 0.730. The van der Waals surface area contributed by atoms with Crippen LogP contribution >= 0.6 is 11.6 Å². The molecule has 0 saturated carbocycles. The van der Waals surface area contributed by atoms with Gasteiger partial charge >= 0.3 is 0 Å². The summed E-state index contributed by atoms with van der Waals surface area (Å²) < 4.78 is 0. The first-order valence-corrected chi connectivity index (χ1v) is 4.25. The predicted octanol–water partition coefficient (Wildman–Crippen LogP) is 3.61. The summed E-state index contributed by atoms with van der Waals surface area (Å²) >= 11 is 5.55. The Morgan fingerprint density at radius 1 is 1.40 bits per heavy atom. The number of alkyl halides is 1. The molecule has 0 aromatic carbocycles. The van der Waals surface area contributed by atoms with E-state index in [9.17, 15) is 0 Å². The number of hydrogen-bond acceptors (Lipinski definition) is 0. The number of rotatable bonds is 2. The van der Waals surface area contributed by atoms with Crippen molar-refractivity contribution >= 4 is 11.6 Å². The maximum absolute atomic E-state index is 5.55. The van der Waals surface area contributed by atoms with E-state index in [0.717, 1.165) is 12.3 Å². The molecule has 0 amide bonds. The molecule has 0 N–H and O–H groups in total. The van der Waals surface area contributed by atoms with Gasteiger partial charge in [0.1, 0.15) is 0 Å². The summed E-state index contributed by atoms with van der Waals surface area (Å²) in [6, 6.07) is 0. The molecule has 60 valence electrons. The van der Waals surface area contributed by atoms with Crippen molar-refractivity contribution in [3.05, 3.63) is 11.6 Å². The Labute approximate surface area is 69.3 Å². The lowest BCUT2D eigenvalue weighted by Gasteiger charge is -2.19. The minimum absolute atomic E-state index is 0.312. The third-order valence-electron chi connectivity index (χ3n) is 1.74. The van der Waals surface area contributed by atoms with Crippen LogP contribution < -0.4 is 0 Å². The van der Waals surface area contributed by atoms with Gasteiger partial charge in [0.05, 0.1) is 0 Å². The molecule has 0 aliphatic carbocycles. The molecular formula is C9H17Cl. The second kappa shape index (κ2) is 4.02. The van der Waals surface area contributed by atoms with E-state index in [0.29, 0.717) is 5.41 Å². The van der Waals surface area contributed by atoms with Crippen LogP contribution in [0, 0.1) is 5.41 Å². The van der Waals surface area contributed by atoms with Crippen molar-refractivity contribution in [2.24, 2.45) is 5.41 Å². The SMILES string of the molecule is CC(=CCCCl)C(C)(C)C. The third-order valence-corrected chi connectivity index (χ3v) is 1.96. The Kier molecular flexibility index (Phi) is 4.04. The van der Waals surface area contributed by atoms with Crippen LogP contribution in [0.4, 0.5) is 0 Å². The molecule has 1 heteroatoms. The van der Waals surface area contributed by atoms with Gasteiger partial charge in [-0.3, -0.25) is 0 Å². The molecule has 0 heterocycles. The molecule has 0 aromatic rings. The quantitative estimate of drug-likeness (QED) is 0.428. The molecule has 0 spiro atoms. The summed E-state index contributed by atoms with van der Waals surface area (Å²) in [4.78, 5) is 0. The van der Waals surface area contributed by atoms with E-state index in [-0.39, 0.29) is 0 Å². The number of hydrogen-bond donors (Lipinski definition) is 0. The minimum Gasteiger partial charge on any atom is -0.126 e. The molecule has 0 rings (SSSR count). The van der Waals surface area contributed by atoms with Crippen LogP contribution in [0.2, 0.25) is 0 Å². The molecule has 0 fully saturated rings. The zero-order chi connectivity index (χ0) is 8.20. The van der Waals surface area contributed by atoms with Gasteiger partial charge in [-0.1, -0.05) is 32.4 Å². The minimum atomic E-state index is 0.312. The monoisotopic (exact) mass is 160 g/mol. The lowest BCUT2D eigenvalue weighted by Crippen LogP contribution is -2.06. The second-order valence-electron chi connectivity index (χ2n) is 3.61. The Balaban J connectivity index is 3.93. The highest BCUT2D eigenvalue weighted by molar-refractivity contribution is 6.17. The molecule has 10 heavy (non-hydrogen) atoms. The van der Waals surface area contributed by atoms with Crippen molar-refractivity contribution in [3.63, 3.8) is 0 Å². The van der Waals surface area contributed by atoms with Gasteiger partial charge < -0.3 is 0 Å². The summed E-state index contributed by atoms with van der Waals surface area (Å²) in [6.45, 7) is 8.81. The van der Waals surface area contributed by atoms with E-state index < -0.39 is 0 Å². The molecule has 0 nitrogen and oxygen atoms in total. The number of halogens is 1. The first kappa shape index (κ1) is 10.0. The lowest BCUT2D eigenvalue weighted by molar-refractivity contribution is 0.502. The van der Waals surface area contributed by atoms with Gasteiger partial charge in [0.15, 0.2) is 0 Å². The Hall–Kier alpha value is 0.0300. The van der Waals surface area contributed by atoms with E-state index in [1.54, 1.807) is 0 Å². The molecule has 0 aliphatic heterocycles. The molecular weight excluding hydrogens is 144 g/mol. The third kappa shape index (κ3) is 3.94. The summed E-state index contributed by atoms with van der Waals surface area (Å²) in [7, 11) is 0. The van der Waals surface area contributed by atoms with Gasteiger partial charge in [0, 0.05) is 5.88 Å². The highest BCUT2D eigenvalue weighted by atomic mass is 35.5. The maximum Gasteiger partial charge on any atom is 0.0258 e. The van der Waals surface area contributed by atoms with Gasteiger partial charge in [0.25, 0.3) is 0 Å². The first-order chi connectivity index (χ1) is 4.48. The zero-order valence-electron chi connectivity index (χ0n) is 7.37. The molecule has 0 saturated heterocycles. The fourth-order valence-corrected chi connectivity index (χ4v) is 0.686. The van der Waals surface area contributed by atoms with Crippen molar-refractivity contribution in [3.8, 4) is 0 Å². The summed E-state index contributed by atoms with van der Waals surface area (Å²) in [5, 5.41) is 0. The van der Waals surface area contributed by atoms with Crippen molar-refractivity contribution < 1.29 is 0 Å². The van der Waals surface area contributed by atoms with E-state index >= 15 is 0 Å². The first-order valence-electron chi connectivity index (χ1n) is 3.71. The Morgan fingerprint density at radius 2 is 1.90 bits per heavy atom. The van der Waals surface area contributed by atoms with E-state index in [4.69, 9.17) is 11.6 Å². The second-order valence-corrected chi connectivity index (χ2v) is 3.99. The van der Waals surface area contributed by atoms with E-state index in [1.807, 2.05) is 0 Å². The predicted molar refractivity (Wildman–Crippen MR) is 48.5 cm³/mol. The van der Waals surface area contributed by atoms with Gasteiger partial charge in [-0.15, -0.1) is 11.6 Å². The van der Waals surface area contributed by atoms with Crippen molar-refractivity contribution in [2.75, 3.05) is 5.88 Å². The normalized spacial score (nSPS) is 13.9. The van der Waals surface area contributed by atoms with Crippen LogP contribution in [0.25, 0.3) is 0 Å². The molecule has 0 aromatic heterocycles. The molecule has 0 aliphatic rings. The average molecular weight is 161 g/mol. The van der Waals surface area contributed by atoms with Crippen molar-refractivity contribution in [1.29, 1.82) is 0 Å². The Morgan fingerprint density at radius 3 is 2.20 bits per heavy atom. The zero-order valence-corrected chi connectivity index (χ0v) is 8.13. The summed E-state index contributed by atoms with van der Waals surface area (Å²) in [5.41, 5.74) is 1.74. The van der Waals surface area contributed by atoms with E-state index in [1.165, 1.54) is 5.57 Å². The fourth-order valence-electron chi connectivity index (χ4n) is 0.577. The van der Waals surface area contributed by atoms with Crippen LogP contribution in [0.1, 0.15) is 34.1 Å². The van der Waals surface area contributed by atoms with Crippen LogP contribution in [0.15, 0.2) is 11.6 Å². The van der Waals surface area contributed by atoms with Crippen LogP contribution in [-0.2, 0) is 0 Å². The number of allylic oxidation sites excluding steroid dienone is 2. The topological polar surface area (TPSA) is 0 Å². The smallest absolute Gasteiger partial charge is 0.0258 e. The van der Waals surface area contributed by atoms with Crippen molar-refractivity contribution in [2.45, 2.75) is 34.1 Å². The standard InChI is InChI=1S/C9H17Cl/c1-8(6-5-7-10)9(2,3)4/h6H,5,7H2,1-4H3. The van der Waals surface area contributed by atoms with Gasteiger partial charge in [0.2, 0.25) is 0 Å². The molecule has 0 unspecified atom stereocenters. The maximum atomic E-state index is 5.55. The van der Waals surface area contributed by atoms with Crippen molar-refractivity contribution in [1.82, 2.24) is 0 Å². The van der Waals surface area contributed by atoms with Crippen LogP contribution in [0.5, 0.6) is 0 Å². The molecule has 0 atom stereocenters. The highest BCUT2D eigenvalue weighted by Crippen LogP contribution is 2.24. The highest BCUT2D eigenvalue weighted by Gasteiger charge is 2.10. The molecule has 0 bridgehead atoms. The van der Waals surface area contributed by atoms with Crippen LogP contribution in [0.3, 0.4) is 0 Å². The lowest BCUT2D eigenvalue weighted by atomic mass is 9.87. The fraction of sp³-hybridized carbons (Fsp3) is 0.778. The Bertz CT molecular complexity index is 117. The van der Waals surface area contributed by atoms with Gasteiger partial charge in [-0.05, 0) is 18.8 Å². The average Bonchev–Trinajstić information content (AvgIpc) is 1.80. The largest absolute Gasteiger partial charge is 0.126 e. The molecule has 0 radical (unpaired) electrons. The van der Waals surface area contributed by atoms with Crippen LogP contribution in [-0.4, -0.2) is 5.88 Å². The van der Waals surface area contributed by atoms with Gasteiger partial charge in [-0.25, -0.2) is 0 Å². The van der Waals surface area contributed by atoms with Gasteiger partial charge in [-0.2, -0.15) is 0 Å². The summed E-state index contributed by atoms with van der Waals surface area (Å²) in [6.07, 6.45) is 3.21. The van der Waals surface area contributed by atoms with E-state index in [2.05, 4.69) is 33.8 Å².